The summed E-state index contributed by atoms with van der Waals surface area (Å²) in [6, 6.07) is 9.91. The summed E-state index contributed by atoms with van der Waals surface area (Å²) >= 11 is 1.13. The van der Waals surface area contributed by atoms with E-state index in [4.69, 9.17) is 18.5 Å². The molecule has 35 heavy (non-hydrogen) atoms. The number of sulfonamides is 1. The molecule has 0 aliphatic carbocycles. The molecule has 0 radical (unpaired) electrons. The third-order valence-electron chi connectivity index (χ3n) is 4.89. The van der Waals surface area contributed by atoms with E-state index in [1.807, 2.05) is 0 Å². The molecule has 0 saturated heterocycles. The van der Waals surface area contributed by atoms with E-state index in [2.05, 4.69) is 9.71 Å². The molecule has 0 spiro atoms. The average Bonchev–Trinajstić information content (AvgIpc) is 3.22. The van der Waals surface area contributed by atoms with E-state index in [1.165, 1.54) is 42.5 Å². The van der Waals surface area contributed by atoms with Gasteiger partial charge in [0.05, 0.1) is 41.4 Å². The number of benzene rings is 2. The van der Waals surface area contributed by atoms with Crippen LogP contribution >= 0.6 is 18.9 Å². The number of anilines is 1. The first-order valence-electron chi connectivity index (χ1n) is 10.8. The Morgan fingerprint density at radius 2 is 1.86 bits per heavy atom. The summed E-state index contributed by atoms with van der Waals surface area (Å²) in [5.41, 5.74) is 0.973. The third-order valence-corrected chi connectivity index (χ3v) is 9.36. The quantitative estimate of drug-likeness (QED) is 0.326. The second-order valence-electron chi connectivity index (χ2n) is 7.32. The molecule has 1 N–H and O–H groups in total. The first kappa shape index (κ1) is 25.6. The zero-order valence-electron chi connectivity index (χ0n) is 19.0. The van der Waals surface area contributed by atoms with Crippen LogP contribution < -0.4 is 14.2 Å². The van der Waals surface area contributed by atoms with Crippen LogP contribution in [0.5, 0.6) is 11.5 Å². The molecule has 3 aromatic rings. The molecule has 0 bridgehead atoms. The Kier molecular flexibility index (Phi) is 7.77. The molecule has 13 heteroatoms. The lowest BCUT2D eigenvalue weighted by Crippen LogP contribution is -2.13. The number of halogens is 1. The van der Waals surface area contributed by atoms with E-state index in [0.29, 0.717) is 27.6 Å². The molecule has 1 aliphatic rings. The number of hydrogen-bond donors (Lipinski definition) is 1. The van der Waals surface area contributed by atoms with E-state index >= 15 is 0 Å². The minimum absolute atomic E-state index is 0.00928. The molecule has 2 aromatic carbocycles. The van der Waals surface area contributed by atoms with E-state index in [-0.39, 0.29) is 42.6 Å². The van der Waals surface area contributed by atoms with Gasteiger partial charge in [0.15, 0.2) is 5.13 Å². The summed E-state index contributed by atoms with van der Waals surface area (Å²) in [7, 11) is -7.15. The zero-order chi connectivity index (χ0) is 25.1. The molecular weight excluding hydrogens is 518 g/mol. The van der Waals surface area contributed by atoms with Gasteiger partial charge in [-0.25, -0.2) is 17.8 Å². The zero-order valence-corrected chi connectivity index (χ0v) is 21.6. The number of ether oxygens (including phenoxy) is 2. The van der Waals surface area contributed by atoms with Crippen molar-refractivity contribution >= 4 is 34.1 Å². The molecule has 0 atom stereocenters. The van der Waals surface area contributed by atoms with Crippen molar-refractivity contribution in [3.05, 3.63) is 53.2 Å². The lowest BCUT2D eigenvalue weighted by molar-refractivity contribution is 0.213. The topological polar surface area (TPSA) is 113 Å². The van der Waals surface area contributed by atoms with Crippen LogP contribution in [0.2, 0.25) is 0 Å². The van der Waals surface area contributed by atoms with Crippen molar-refractivity contribution in [1.29, 1.82) is 0 Å². The van der Waals surface area contributed by atoms with Crippen LogP contribution in [0.1, 0.15) is 18.7 Å². The first-order chi connectivity index (χ1) is 16.7. The van der Waals surface area contributed by atoms with E-state index in [0.717, 1.165) is 11.3 Å². The SMILES string of the molecule is CCOP(=O)(CCOc1ccc(S(=O)(=O)Nc2nc3c(s2)COc2ccc(F)cc2-3)cc1)OCC. The van der Waals surface area contributed by atoms with E-state index < -0.39 is 23.4 Å². The van der Waals surface area contributed by atoms with Gasteiger partial charge in [0, 0.05) is 5.56 Å². The summed E-state index contributed by atoms with van der Waals surface area (Å²) < 4.78 is 76.0. The highest BCUT2D eigenvalue weighted by Gasteiger charge is 2.26. The fourth-order valence-corrected chi connectivity index (χ4v) is 6.94. The molecule has 0 amide bonds. The van der Waals surface area contributed by atoms with Gasteiger partial charge in [0.25, 0.3) is 10.0 Å². The van der Waals surface area contributed by atoms with Gasteiger partial charge < -0.3 is 18.5 Å². The van der Waals surface area contributed by atoms with Crippen molar-refractivity contribution in [3.63, 3.8) is 0 Å². The smallest absolute Gasteiger partial charge is 0.334 e. The van der Waals surface area contributed by atoms with Gasteiger partial charge in [-0.2, -0.15) is 0 Å². The van der Waals surface area contributed by atoms with Crippen LogP contribution in [0.25, 0.3) is 11.3 Å². The van der Waals surface area contributed by atoms with E-state index in [9.17, 15) is 17.4 Å². The van der Waals surface area contributed by atoms with Gasteiger partial charge >= 0.3 is 7.60 Å². The van der Waals surface area contributed by atoms with E-state index in [1.54, 1.807) is 13.8 Å². The van der Waals surface area contributed by atoms with Crippen molar-refractivity contribution in [2.75, 3.05) is 30.7 Å². The van der Waals surface area contributed by atoms with Gasteiger partial charge in [-0.15, -0.1) is 0 Å². The Morgan fingerprint density at radius 3 is 2.54 bits per heavy atom. The van der Waals surface area contributed by atoms with Crippen LogP contribution in [0, 0.1) is 5.82 Å². The highest BCUT2D eigenvalue weighted by Crippen LogP contribution is 2.47. The third kappa shape index (κ3) is 6.02. The molecule has 0 saturated carbocycles. The minimum atomic E-state index is -3.93. The fraction of sp³-hybridized carbons (Fsp3) is 0.318. The highest BCUT2D eigenvalue weighted by atomic mass is 32.2. The fourth-order valence-electron chi connectivity index (χ4n) is 3.38. The Morgan fingerprint density at radius 1 is 1.14 bits per heavy atom. The monoisotopic (exact) mass is 542 g/mol. The van der Waals surface area contributed by atoms with Crippen LogP contribution in [-0.4, -0.2) is 39.4 Å². The Hall–Kier alpha value is -2.50. The van der Waals surface area contributed by atoms with Gasteiger partial charge in [0.1, 0.15) is 23.9 Å². The molecule has 9 nitrogen and oxygen atoms in total. The van der Waals surface area contributed by atoms with Crippen LogP contribution in [-0.2, 0) is 30.2 Å². The second-order valence-corrected chi connectivity index (χ2v) is 12.3. The maximum Gasteiger partial charge on any atom is 0.334 e. The number of nitrogens with zero attached hydrogens (tertiary/aromatic N) is 1. The number of thiazole rings is 1. The molecule has 2 heterocycles. The Bertz CT molecular complexity index is 1340. The molecule has 188 valence electrons. The Balaban J connectivity index is 1.42. The number of rotatable bonds is 11. The normalized spacial score (nSPS) is 13.0. The minimum Gasteiger partial charge on any atom is -0.493 e. The van der Waals surface area contributed by atoms with Gasteiger partial charge in [-0.1, -0.05) is 11.3 Å². The molecule has 1 aromatic heterocycles. The summed E-state index contributed by atoms with van der Waals surface area (Å²) in [6.45, 7) is 4.28. The van der Waals surface area contributed by atoms with Crippen molar-refractivity contribution in [1.82, 2.24) is 4.98 Å². The maximum atomic E-state index is 13.7. The van der Waals surface area contributed by atoms with Crippen LogP contribution in [0.15, 0.2) is 47.4 Å². The van der Waals surface area contributed by atoms with Crippen molar-refractivity contribution in [3.8, 4) is 22.8 Å². The number of nitrogens with one attached hydrogen (secondary N) is 1. The maximum absolute atomic E-state index is 13.7. The standard InChI is InChI=1S/C22H24FN2O7PS2/c1-3-31-33(26,32-4-2)12-11-29-16-6-8-17(9-7-16)35(27,28)25-22-24-21-18-13-15(23)5-10-19(18)30-14-20(21)34-22/h5-10,13H,3-4,11-12,14H2,1-2H3,(H,24,25). The number of fused-ring (bicyclic) bond motifs is 3. The lowest BCUT2D eigenvalue weighted by Gasteiger charge is -2.17. The predicted octanol–water partition coefficient (Wildman–Crippen LogP) is 5.29. The number of hydrogen-bond acceptors (Lipinski definition) is 9. The summed E-state index contributed by atoms with van der Waals surface area (Å²) in [5.74, 6) is 0.466. The van der Waals surface area contributed by atoms with Crippen molar-refractivity contribution in [2.24, 2.45) is 0 Å². The largest absolute Gasteiger partial charge is 0.493 e. The molecule has 0 unspecified atom stereocenters. The average molecular weight is 543 g/mol. The van der Waals surface area contributed by atoms with Crippen LogP contribution in [0.4, 0.5) is 9.52 Å². The molecule has 0 fully saturated rings. The summed E-state index contributed by atoms with van der Waals surface area (Å²) in [4.78, 5) is 5.07. The molecule has 4 rings (SSSR count). The highest BCUT2D eigenvalue weighted by molar-refractivity contribution is 7.93. The van der Waals surface area contributed by atoms with Gasteiger partial charge in [-0.3, -0.25) is 9.29 Å². The molecule has 1 aliphatic heterocycles. The van der Waals surface area contributed by atoms with Crippen molar-refractivity contribution in [2.45, 2.75) is 25.3 Å². The molecular formula is C22H24FN2O7PS2. The van der Waals surface area contributed by atoms with Gasteiger partial charge in [-0.05, 0) is 56.3 Å². The number of aromatic nitrogens is 1. The second kappa shape index (κ2) is 10.6. The summed E-state index contributed by atoms with van der Waals surface area (Å²) in [5, 5.41) is 0.152. The predicted molar refractivity (Wildman–Crippen MR) is 130 cm³/mol. The summed E-state index contributed by atoms with van der Waals surface area (Å²) in [6.07, 6.45) is 0.0712. The first-order valence-corrected chi connectivity index (χ1v) is 14.8. The van der Waals surface area contributed by atoms with Crippen LogP contribution in [0.3, 0.4) is 0 Å². The Labute approximate surface area is 206 Å². The lowest BCUT2D eigenvalue weighted by atomic mass is 10.1. The van der Waals surface area contributed by atoms with Crippen molar-refractivity contribution < 1.29 is 35.9 Å². The van der Waals surface area contributed by atoms with Gasteiger partial charge in [0.2, 0.25) is 0 Å².